The number of hydrogen-bond acceptors (Lipinski definition) is 6. The summed E-state index contributed by atoms with van der Waals surface area (Å²) in [6, 6.07) is 1.19. The van der Waals surface area contributed by atoms with Gasteiger partial charge < -0.3 is 20.4 Å². The average Bonchev–Trinajstić information content (AvgIpc) is 3.31. The normalized spacial score (nSPS) is 23.1. The lowest BCUT2D eigenvalue weighted by atomic mass is 9.83. The Morgan fingerprint density at radius 1 is 1.12 bits per heavy atom. The summed E-state index contributed by atoms with van der Waals surface area (Å²) in [5.74, 6) is 0.612. The van der Waals surface area contributed by atoms with Gasteiger partial charge in [-0.2, -0.15) is 4.98 Å². The minimum atomic E-state index is -0.937. The van der Waals surface area contributed by atoms with E-state index in [2.05, 4.69) is 20.6 Å². The number of benzene rings is 1. The molecule has 2 saturated carbocycles. The number of carbonyl (C=O) groups is 1. The van der Waals surface area contributed by atoms with E-state index >= 15 is 0 Å². The van der Waals surface area contributed by atoms with E-state index in [-0.39, 0.29) is 29.5 Å². The maximum Gasteiger partial charge on any atom is 0.316 e. The number of urea groups is 1. The Bertz CT molecular complexity index is 1040. The Labute approximate surface area is 197 Å². The lowest BCUT2D eigenvalue weighted by Crippen LogP contribution is -2.21. The molecule has 2 fully saturated rings. The molecule has 1 aromatic heterocycles. The predicted octanol–water partition coefficient (Wildman–Crippen LogP) is 5.72. The fourth-order valence-corrected chi connectivity index (χ4v) is 4.67. The van der Waals surface area contributed by atoms with Gasteiger partial charge in [-0.05, 0) is 68.9 Å². The van der Waals surface area contributed by atoms with E-state index in [1.807, 2.05) is 13.8 Å². The summed E-state index contributed by atoms with van der Waals surface area (Å²) in [5.41, 5.74) is 6.00. The Hall–Kier alpha value is -3.04. The van der Waals surface area contributed by atoms with E-state index < -0.39 is 17.7 Å². The molecule has 2 aliphatic carbocycles. The zero-order valence-corrected chi connectivity index (χ0v) is 19.5. The van der Waals surface area contributed by atoms with Crippen LogP contribution in [0.1, 0.15) is 100 Å². The standard InChI is InChI=1S/C24H31F2N5O3/c1-13(2)22-29-23(34-31-22)15-5-9-17(10-6-15)33-30-16-7-3-14(4-8-16)18-11-20(26)21(12-19(18)25)28-24(27)32/h11-15,17H,3-10H2,1-2H3,(H3,27,28,32). The van der Waals surface area contributed by atoms with Gasteiger partial charge in [0, 0.05) is 17.9 Å². The lowest BCUT2D eigenvalue weighted by Gasteiger charge is -2.26. The van der Waals surface area contributed by atoms with Crippen LogP contribution in [0, 0.1) is 11.6 Å². The monoisotopic (exact) mass is 475 g/mol. The minimum absolute atomic E-state index is 0.0609. The van der Waals surface area contributed by atoms with Gasteiger partial charge in [0.1, 0.15) is 17.7 Å². The molecule has 1 heterocycles. The van der Waals surface area contributed by atoms with E-state index in [9.17, 15) is 13.6 Å². The molecule has 0 atom stereocenters. The molecule has 4 rings (SSSR count). The van der Waals surface area contributed by atoms with Crippen molar-refractivity contribution in [2.24, 2.45) is 10.9 Å². The Morgan fingerprint density at radius 2 is 1.82 bits per heavy atom. The van der Waals surface area contributed by atoms with E-state index in [4.69, 9.17) is 15.1 Å². The van der Waals surface area contributed by atoms with Crippen LogP contribution in [0.25, 0.3) is 0 Å². The molecule has 34 heavy (non-hydrogen) atoms. The molecule has 10 heteroatoms. The largest absolute Gasteiger partial charge is 0.393 e. The first kappa shape index (κ1) is 24.1. The smallest absolute Gasteiger partial charge is 0.316 e. The topological polar surface area (TPSA) is 116 Å². The number of halogens is 2. The third-order valence-corrected chi connectivity index (χ3v) is 6.67. The van der Waals surface area contributed by atoms with Gasteiger partial charge in [0.2, 0.25) is 5.89 Å². The fourth-order valence-electron chi connectivity index (χ4n) is 4.67. The first-order valence-corrected chi connectivity index (χ1v) is 11.9. The van der Waals surface area contributed by atoms with Crippen LogP contribution in [0.4, 0.5) is 19.3 Å². The van der Waals surface area contributed by atoms with Crippen molar-refractivity contribution in [1.29, 1.82) is 0 Å². The molecule has 0 radical (unpaired) electrons. The highest BCUT2D eigenvalue weighted by Gasteiger charge is 2.29. The molecule has 1 aromatic carbocycles. The third-order valence-electron chi connectivity index (χ3n) is 6.67. The van der Waals surface area contributed by atoms with Crippen molar-refractivity contribution >= 4 is 17.4 Å². The van der Waals surface area contributed by atoms with Crippen LogP contribution < -0.4 is 11.1 Å². The second-order valence-electron chi connectivity index (χ2n) is 9.50. The number of oxime groups is 1. The van der Waals surface area contributed by atoms with Crippen molar-refractivity contribution < 1.29 is 22.9 Å². The first-order valence-electron chi connectivity index (χ1n) is 11.9. The molecule has 184 valence electrons. The van der Waals surface area contributed by atoms with Gasteiger partial charge in [-0.3, -0.25) is 0 Å². The van der Waals surface area contributed by atoms with Crippen molar-refractivity contribution in [3.05, 3.63) is 41.0 Å². The highest BCUT2D eigenvalue weighted by Crippen LogP contribution is 2.36. The van der Waals surface area contributed by atoms with Gasteiger partial charge in [-0.15, -0.1) is 0 Å². The van der Waals surface area contributed by atoms with Crippen LogP contribution in [0.5, 0.6) is 0 Å². The van der Waals surface area contributed by atoms with Gasteiger partial charge in [0.25, 0.3) is 0 Å². The summed E-state index contributed by atoms with van der Waals surface area (Å²) in [6.07, 6.45) is 6.30. The van der Waals surface area contributed by atoms with Crippen molar-refractivity contribution in [3.63, 3.8) is 0 Å². The Morgan fingerprint density at radius 3 is 2.44 bits per heavy atom. The van der Waals surface area contributed by atoms with Crippen molar-refractivity contribution in [2.75, 3.05) is 5.32 Å². The SMILES string of the molecule is CC(C)c1noc(C2CCC(ON=C3CCC(c4cc(F)c(NC(N)=O)cc4F)CC3)CC2)n1. The quantitative estimate of drug-likeness (QED) is 0.519. The molecular formula is C24H31F2N5O3. The minimum Gasteiger partial charge on any atom is -0.393 e. The molecular weight excluding hydrogens is 444 g/mol. The first-order chi connectivity index (χ1) is 16.3. The summed E-state index contributed by atoms with van der Waals surface area (Å²) in [5, 5.41) is 10.5. The third kappa shape index (κ3) is 5.71. The molecule has 2 aliphatic rings. The summed E-state index contributed by atoms with van der Waals surface area (Å²) in [6.45, 7) is 4.08. The number of nitrogens with one attached hydrogen (secondary N) is 1. The maximum atomic E-state index is 14.5. The number of primary amides is 1. The summed E-state index contributed by atoms with van der Waals surface area (Å²) < 4.78 is 34.2. The Balaban J connectivity index is 1.26. The van der Waals surface area contributed by atoms with Crippen LogP contribution in [0.2, 0.25) is 0 Å². The fraction of sp³-hybridized carbons (Fsp3) is 0.583. The second-order valence-corrected chi connectivity index (χ2v) is 9.50. The maximum absolute atomic E-state index is 14.5. The van der Waals surface area contributed by atoms with Gasteiger partial charge in [-0.25, -0.2) is 13.6 Å². The van der Waals surface area contributed by atoms with Gasteiger partial charge in [0.15, 0.2) is 5.82 Å². The average molecular weight is 476 g/mol. The number of carbonyl (C=O) groups excluding carboxylic acids is 1. The van der Waals surface area contributed by atoms with Crippen LogP contribution in [0.3, 0.4) is 0 Å². The zero-order valence-electron chi connectivity index (χ0n) is 19.5. The number of hydrogen-bond donors (Lipinski definition) is 2. The number of aromatic nitrogens is 2. The molecule has 2 aromatic rings. The van der Waals surface area contributed by atoms with Crippen molar-refractivity contribution in [3.8, 4) is 0 Å². The summed E-state index contributed by atoms with van der Waals surface area (Å²) in [4.78, 5) is 21.3. The summed E-state index contributed by atoms with van der Waals surface area (Å²) in [7, 11) is 0. The highest BCUT2D eigenvalue weighted by molar-refractivity contribution is 5.88. The van der Waals surface area contributed by atoms with Crippen LogP contribution in [0.15, 0.2) is 21.8 Å². The molecule has 0 unspecified atom stereocenters. The number of nitrogens with zero attached hydrogens (tertiary/aromatic N) is 3. The molecule has 0 spiro atoms. The van der Waals surface area contributed by atoms with Gasteiger partial charge >= 0.3 is 6.03 Å². The highest BCUT2D eigenvalue weighted by atomic mass is 19.1. The van der Waals surface area contributed by atoms with E-state index in [0.717, 1.165) is 49.4 Å². The number of nitrogens with two attached hydrogens (primary N) is 1. The summed E-state index contributed by atoms with van der Waals surface area (Å²) >= 11 is 0. The Kier molecular flexibility index (Phi) is 7.43. The van der Waals surface area contributed by atoms with Crippen LogP contribution in [-0.4, -0.2) is 28.0 Å². The van der Waals surface area contributed by atoms with E-state index in [1.165, 1.54) is 0 Å². The molecule has 0 bridgehead atoms. The second kappa shape index (κ2) is 10.5. The molecule has 2 amide bonds. The van der Waals surface area contributed by atoms with E-state index in [1.54, 1.807) is 0 Å². The predicted molar refractivity (Wildman–Crippen MR) is 123 cm³/mol. The van der Waals surface area contributed by atoms with Gasteiger partial charge in [0.05, 0.1) is 11.4 Å². The van der Waals surface area contributed by atoms with Crippen LogP contribution in [-0.2, 0) is 4.84 Å². The molecule has 8 nitrogen and oxygen atoms in total. The molecule has 3 N–H and O–H groups in total. The van der Waals surface area contributed by atoms with Crippen molar-refractivity contribution in [1.82, 2.24) is 10.1 Å². The number of rotatable bonds is 6. The number of anilines is 1. The zero-order chi connectivity index (χ0) is 24.2. The lowest BCUT2D eigenvalue weighted by molar-refractivity contribution is 0.0257. The molecule has 0 saturated heterocycles. The van der Waals surface area contributed by atoms with Crippen molar-refractivity contribution in [2.45, 2.75) is 89.1 Å². The van der Waals surface area contributed by atoms with Crippen LogP contribution >= 0.6 is 0 Å². The molecule has 0 aliphatic heterocycles. The number of amides is 2. The van der Waals surface area contributed by atoms with E-state index in [0.29, 0.717) is 37.1 Å². The van der Waals surface area contributed by atoms with Gasteiger partial charge in [-0.1, -0.05) is 24.2 Å².